The van der Waals surface area contributed by atoms with Crippen LogP contribution in [0.5, 0.6) is 0 Å². The van der Waals surface area contributed by atoms with Crippen molar-refractivity contribution >= 4 is 12.2 Å². The first-order valence-corrected chi connectivity index (χ1v) is 6.33. The molecule has 0 unspecified atom stereocenters. The first-order valence-electron chi connectivity index (χ1n) is 6.33. The zero-order chi connectivity index (χ0) is 13.6. The highest BCUT2D eigenvalue weighted by atomic mass is 16.7. The summed E-state index contributed by atoms with van der Waals surface area (Å²) in [6.07, 6.45) is 3.94. The molecule has 0 aromatic carbocycles. The highest BCUT2D eigenvalue weighted by molar-refractivity contribution is 5.72. The van der Waals surface area contributed by atoms with E-state index in [9.17, 15) is 9.59 Å². The largest absolute Gasteiger partial charge is 0.442 e. The van der Waals surface area contributed by atoms with Crippen molar-refractivity contribution in [2.75, 3.05) is 0 Å². The summed E-state index contributed by atoms with van der Waals surface area (Å²) in [5.74, 6) is 0. The van der Waals surface area contributed by atoms with Gasteiger partial charge in [-0.1, -0.05) is 19.3 Å². The molecule has 0 aromatic rings. The van der Waals surface area contributed by atoms with Crippen LogP contribution in [-0.4, -0.2) is 23.8 Å². The van der Waals surface area contributed by atoms with E-state index in [1.165, 1.54) is 6.42 Å². The standard InChI is InChI=1S/C12H22N2O4/c1-12(2,3)17-11(16)14-18-10(15)13-9-7-5-4-6-8-9/h9H,4-8H2,1-3H3,(H,13,15)(H,14,16). The molecule has 6 heteroatoms. The molecular weight excluding hydrogens is 236 g/mol. The fourth-order valence-electron chi connectivity index (χ4n) is 1.83. The van der Waals surface area contributed by atoms with E-state index in [0.29, 0.717) is 0 Å². The molecule has 104 valence electrons. The third-order valence-electron chi connectivity index (χ3n) is 2.55. The van der Waals surface area contributed by atoms with Crippen LogP contribution in [-0.2, 0) is 9.57 Å². The van der Waals surface area contributed by atoms with Gasteiger partial charge in [-0.15, -0.1) is 5.48 Å². The van der Waals surface area contributed by atoms with Crippen LogP contribution in [0.15, 0.2) is 0 Å². The molecular formula is C12H22N2O4. The van der Waals surface area contributed by atoms with Crippen molar-refractivity contribution in [3.05, 3.63) is 0 Å². The number of ether oxygens (including phenoxy) is 1. The maximum Gasteiger partial charge on any atom is 0.441 e. The summed E-state index contributed by atoms with van der Waals surface area (Å²) in [5, 5.41) is 2.71. The van der Waals surface area contributed by atoms with Crippen LogP contribution in [0, 0.1) is 0 Å². The average Bonchev–Trinajstić information content (AvgIpc) is 2.25. The summed E-state index contributed by atoms with van der Waals surface area (Å²) >= 11 is 0. The smallest absolute Gasteiger partial charge is 0.441 e. The molecule has 18 heavy (non-hydrogen) atoms. The topological polar surface area (TPSA) is 76.7 Å². The minimum Gasteiger partial charge on any atom is -0.442 e. The highest BCUT2D eigenvalue weighted by Gasteiger charge is 2.19. The lowest BCUT2D eigenvalue weighted by Crippen LogP contribution is -2.41. The molecule has 1 rings (SSSR count). The van der Waals surface area contributed by atoms with Crippen molar-refractivity contribution < 1.29 is 19.2 Å². The van der Waals surface area contributed by atoms with E-state index in [1.54, 1.807) is 20.8 Å². The minimum atomic E-state index is -0.777. The predicted octanol–water partition coefficient (Wildman–Crippen LogP) is 2.49. The van der Waals surface area contributed by atoms with E-state index in [4.69, 9.17) is 4.74 Å². The summed E-state index contributed by atoms with van der Waals surface area (Å²) in [5.41, 5.74) is 1.34. The molecule has 0 aromatic heterocycles. The number of carbonyl (C=O) groups excluding carboxylic acids is 2. The normalized spacial score (nSPS) is 16.8. The molecule has 1 aliphatic carbocycles. The number of nitrogens with one attached hydrogen (secondary N) is 2. The first kappa shape index (κ1) is 14.6. The summed E-state index contributed by atoms with van der Waals surface area (Å²) in [6.45, 7) is 5.19. The Bertz CT molecular complexity index is 293. The van der Waals surface area contributed by atoms with Gasteiger partial charge in [0.15, 0.2) is 0 Å². The lowest BCUT2D eigenvalue weighted by molar-refractivity contribution is 0.0139. The summed E-state index contributed by atoms with van der Waals surface area (Å²) < 4.78 is 4.92. The molecule has 0 radical (unpaired) electrons. The second kappa shape index (κ2) is 6.47. The van der Waals surface area contributed by atoms with Gasteiger partial charge in [-0.3, -0.25) is 0 Å². The lowest BCUT2D eigenvalue weighted by Gasteiger charge is -2.22. The van der Waals surface area contributed by atoms with Crippen LogP contribution in [0.1, 0.15) is 52.9 Å². The van der Waals surface area contributed by atoms with Gasteiger partial charge in [0.1, 0.15) is 5.60 Å². The average molecular weight is 258 g/mol. The molecule has 1 aliphatic rings. The van der Waals surface area contributed by atoms with Gasteiger partial charge in [0.25, 0.3) is 0 Å². The van der Waals surface area contributed by atoms with Crippen molar-refractivity contribution in [2.24, 2.45) is 0 Å². The first-order chi connectivity index (χ1) is 8.37. The molecule has 6 nitrogen and oxygen atoms in total. The Morgan fingerprint density at radius 3 is 2.22 bits per heavy atom. The number of rotatable bonds is 1. The van der Waals surface area contributed by atoms with E-state index < -0.39 is 17.8 Å². The third kappa shape index (κ3) is 6.32. The predicted molar refractivity (Wildman–Crippen MR) is 65.9 cm³/mol. The van der Waals surface area contributed by atoms with Gasteiger partial charge < -0.3 is 14.9 Å². The maximum atomic E-state index is 11.4. The number of amides is 2. The number of carbonyl (C=O) groups is 2. The van der Waals surface area contributed by atoms with E-state index in [-0.39, 0.29) is 6.04 Å². The van der Waals surface area contributed by atoms with Crippen molar-refractivity contribution in [3.63, 3.8) is 0 Å². The molecule has 0 spiro atoms. The maximum absolute atomic E-state index is 11.4. The summed E-state index contributed by atoms with van der Waals surface area (Å²) in [6, 6.07) is 0.145. The van der Waals surface area contributed by atoms with Crippen LogP contribution in [0.3, 0.4) is 0 Å². The third-order valence-corrected chi connectivity index (χ3v) is 2.55. The van der Waals surface area contributed by atoms with Crippen LogP contribution >= 0.6 is 0 Å². The molecule has 0 bridgehead atoms. The SMILES string of the molecule is CC(C)(C)OC(=O)NOC(=O)NC1CCCCC1. The Balaban J connectivity index is 2.18. The van der Waals surface area contributed by atoms with Crippen LogP contribution in [0.25, 0.3) is 0 Å². The van der Waals surface area contributed by atoms with Crippen molar-refractivity contribution in [2.45, 2.75) is 64.5 Å². The van der Waals surface area contributed by atoms with E-state index in [0.717, 1.165) is 25.7 Å². The summed E-state index contributed by atoms with van der Waals surface area (Å²) in [7, 11) is 0. The van der Waals surface area contributed by atoms with Gasteiger partial charge in [0.05, 0.1) is 0 Å². The van der Waals surface area contributed by atoms with Crippen LogP contribution < -0.4 is 10.8 Å². The quantitative estimate of drug-likeness (QED) is 0.708. The Kier molecular flexibility index (Phi) is 5.25. The monoisotopic (exact) mass is 258 g/mol. The number of hydrogen-bond acceptors (Lipinski definition) is 4. The fraction of sp³-hybridized carbons (Fsp3) is 0.833. The second-order valence-electron chi connectivity index (χ2n) is 5.47. The van der Waals surface area contributed by atoms with Crippen LogP contribution in [0.2, 0.25) is 0 Å². The Hall–Kier alpha value is -1.46. The number of hydroxylamine groups is 1. The van der Waals surface area contributed by atoms with Gasteiger partial charge in [-0.2, -0.15) is 0 Å². The minimum absolute atomic E-state index is 0.145. The summed E-state index contributed by atoms with van der Waals surface area (Å²) in [4.78, 5) is 27.2. The Labute approximate surface area is 107 Å². The van der Waals surface area contributed by atoms with E-state index in [2.05, 4.69) is 10.2 Å². The molecule has 0 aliphatic heterocycles. The van der Waals surface area contributed by atoms with Crippen LogP contribution in [0.4, 0.5) is 9.59 Å². The molecule has 0 heterocycles. The van der Waals surface area contributed by atoms with Gasteiger partial charge in [0.2, 0.25) is 0 Å². The Morgan fingerprint density at radius 2 is 1.67 bits per heavy atom. The molecule has 2 amide bonds. The van der Waals surface area contributed by atoms with Crippen molar-refractivity contribution in [1.82, 2.24) is 10.8 Å². The fourth-order valence-corrected chi connectivity index (χ4v) is 1.83. The molecule has 1 fully saturated rings. The number of hydrogen-bond donors (Lipinski definition) is 2. The highest BCUT2D eigenvalue weighted by Crippen LogP contribution is 2.17. The molecule has 0 saturated heterocycles. The van der Waals surface area contributed by atoms with Gasteiger partial charge in [0, 0.05) is 6.04 Å². The lowest BCUT2D eigenvalue weighted by atomic mass is 9.96. The van der Waals surface area contributed by atoms with E-state index >= 15 is 0 Å². The molecule has 1 saturated carbocycles. The molecule has 0 atom stereocenters. The van der Waals surface area contributed by atoms with Gasteiger partial charge in [-0.05, 0) is 33.6 Å². The van der Waals surface area contributed by atoms with E-state index in [1.807, 2.05) is 5.48 Å². The zero-order valence-electron chi connectivity index (χ0n) is 11.2. The zero-order valence-corrected chi connectivity index (χ0v) is 11.2. The van der Waals surface area contributed by atoms with Gasteiger partial charge >= 0.3 is 12.2 Å². The van der Waals surface area contributed by atoms with Gasteiger partial charge in [-0.25, -0.2) is 9.59 Å². The van der Waals surface area contributed by atoms with Crippen molar-refractivity contribution in [3.8, 4) is 0 Å². The van der Waals surface area contributed by atoms with Crippen molar-refractivity contribution in [1.29, 1.82) is 0 Å². The second-order valence-corrected chi connectivity index (χ2v) is 5.47. The molecule has 2 N–H and O–H groups in total. The Morgan fingerprint density at radius 1 is 1.06 bits per heavy atom.